The molecule has 3 N–H and O–H groups in total. The first-order valence-corrected chi connectivity index (χ1v) is 6.94. The standard InChI is InChI=1S/C14H15BrN2O3/c1-7-3-4-10(15)12-9(6-16-13(7)12)5-11(14(19)20)17-8(2)18/h3-4,6,11,16H,5H2,1-2H3,(H,17,18)(H,19,20). The number of carboxylic acids is 1. The molecule has 1 atom stereocenters. The first-order chi connectivity index (χ1) is 9.40. The zero-order valence-corrected chi connectivity index (χ0v) is 12.7. The zero-order valence-electron chi connectivity index (χ0n) is 11.2. The molecule has 106 valence electrons. The molecule has 1 unspecified atom stereocenters. The van der Waals surface area contributed by atoms with E-state index in [1.807, 2.05) is 19.1 Å². The molecule has 0 aliphatic carbocycles. The lowest BCUT2D eigenvalue weighted by atomic mass is 10.0. The van der Waals surface area contributed by atoms with Gasteiger partial charge in [-0.3, -0.25) is 4.79 Å². The van der Waals surface area contributed by atoms with Gasteiger partial charge in [-0.25, -0.2) is 4.79 Å². The zero-order chi connectivity index (χ0) is 14.9. The van der Waals surface area contributed by atoms with Crippen LogP contribution in [0.4, 0.5) is 0 Å². The Morgan fingerprint density at radius 1 is 1.45 bits per heavy atom. The fourth-order valence-electron chi connectivity index (χ4n) is 2.24. The molecule has 0 bridgehead atoms. The van der Waals surface area contributed by atoms with Crippen LogP contribution in [0.5, 0.6) is 0 Å². The molecule has 5 nitrogen and oxygen atoms in total. The molecule has 2 aromatic rings. The summed E-state index contributed by atoms with van der Waals surface area (Å²) in [6.07, 6.45) is 2.02. The van der Waals surface area contributed by atoms with Crippen LogP contribution in [-0.4, -0.2) is 28.0 Å². The smallest absolute Gasteiger partial charge is 0.326 e. The van der Waals surface area contributed by atoms with Gasteiger partial charge in [-0.1, -0.05) is 22.0 Å². The van der Waals surface area contributed by atoms with Crippen LogP contribution in [0.3, 0.4) is 0 Å². The summed E-state index contributed by atoms with van der Waals surface area (Å²) < 4.78 is 0.904. The van der Waals surface area contributed by atoms with Crippen LogP contribution in [0.15, 0.2) is 22.8 Å². The van der Waals surface area contributed by atoms with E-state index in [4.69, 9.17) is 0 Å². The predicted octanol–water partition coefficient (Wildman–Crippen LogP) is 2.37. The number of halogens is 1. The van der Waals surface area contributed by atoms with Gasteiger partial charge < -0.3 is 15.4 Å². The Kier molecular flexibility index (Phi) is 4.13. The second-order valence-electron chi connectivity index (χ2n) is 4.72. The highest BCUT2D eigenvalue weighted by molar-refractivity contribution is 9.10. The number of H-pyrrole nitrogens is 1. The molecular weight excluding hydrogens is 324 g/mol. The number of carboxylic acid groups (broad SMARTS) is 1. The second-order valence-corrected chi connectivity index (χ2v) is 5.58. The number of fused-ring (bicyclic) bond motifs is 1. The van der Waals surface area contributed by atoms with Crippen molar-refractivity contribution < 1.29 is 14.7 Å². The van der Waals surface area contributed by atoms with Gasteiger partial charge in [0.25, 0.3) is 0 Å². The third-order valence-electron chi connectivity index (χ3n) is 3.17. The molecule has 0 saturated heterocycles. The van der Waals surface area contributed by atoms with Crippen molar-refractivity contribution in [2.45, 2.75) is 26.3 Å². The van der Waals surface area contributed by atoms with Gasteiger partial charge in [0.05, 0.1) is 0 Å². The summed E-state index contributed by atoms with van der Waals surface area (Å²) in [5.74, 6) is -1.40. The summed E-state index contributed by atoms with van der Waals surface area (Å²) in [4.78, 5) is 25.5. The molecule has 1 aromatic heterocycles. The maximum atomic E-state index is 11.2. The molecule has 0 fully saturated rings. The number of aliphatic carboxylic acids is 1. The van der Waals surface area contributed by atoms with Gasteiger partial charge in [-0.2, -0.15) is 0 Å². The van der Waals surface area contributed by atoms with Crippen molar-refractivity contribution >= 4 is 38.7 Å². The minimum atomic E-state index is -1.04. The van der Waals surface area contributed by atoms with Crippen molar-refractivity contribution in [2.75, 3.05) is 0 Å². The Morgan fingerprint density at radius 2 is 2.15 bits per heavy atom. The summed E-state index contributed by atoms with van der Waals surface area (Å²) in [7, 11) is 0. The van der Waals surface area contributed by atoms with Crippen molar-refractivity contribution in [3.63, 3.8) is 0 Å². The van der Waals surface area contributed by atoms with E-state index in [-0.39, 0.29) is 12.3 Å². The Bertz CT molecular complexity index is 678. The Hall–Kier alpha value is -1.82. The van der Waals surface area contributed by atoms with Crippen molar-refractivity contribution in [1.29, 1.82) is 0 Å². The van der Waals surface area contributed by atoms with E-state index < -0.39 is 12.0 Å². The summed E-state index contributed by atoms with van der Waals surface area (Å²) >= 11 is 3.48. The monoisotopic (exact) mass is 338 g/mol. The van der Waals surface area contributed by atoms with E-state index in [0.717, 1.165) is 26.5 Å². The normalized spacial score (nSPS) is 12.3. The van der Waals surface area contributed by atoms with E-state index in [1.54, 1.807) is 6.20 Å². The molecule has 20 heavy (non-hydrogen) atoms. The predicted molar refractivity (Wildman–Crippen MR) is 79.7 cm³/mol. The number of carbonyl (C=O) groups excluding carboxylic acids is 1. The number of hydrogen-bond donors (Lipinski definition) is 3. The van der Waals surface area contributed by atoms with E-state index in [0.29, 0.717) is 0 Å². The van der Waals surface area contributed by atoms with E-state index in [1.165, 1.54) is 6.92 Å². The largest absolute Gasteiger partial charge is 0.480 e. The third-order valence-corrected chi connectivity index (χ3v) is 3.84. The van der Waals surface area contributed by atoms with Crippen molar-refractivity contribution in [3.05, 3.63) is 33.9 Å². The van der Waals surface area contributed by atoms with E-state index >= 15 is 0 Å². The molecule has 1 amide bonds. The summed E-state index contributed by atoms with van der Waals surface area (Å²) in [5, 5.41) is 12.6. The summed E-state index contributed by atoms with van der Waals surface area (Å²) in [6, 6.07) is 2.98. The molecule has 0 spiro atoms. The molecule has 0 saturated carbocycles. The van der Waals surface area contributed by atoms with Crippen LogP contribution in [0.1, 0.15) is 18.1 Å². The number of amides is 1. The topological polar surface area (TPSA) is 82.2 Å². The number of hydrogen-bond acceptors (Lipinski definition) is 2. The molecule has 6 heteroatoms. The van der Waals surface area contributed by atoms with Crippen LogP contribution >= 0.6 is 15.9 Å². The minimum absolute atomic E-state index is 0.233. The van der Waals surface area contributed by atoms with E-state index in [9.17, 15) is 14.7 Å². The van der Waals surface area contributed by atoms with Crippen LogP contribution < -0.4 is 5.32 Å². The van der Waals surface area contributed by atoms with Crippen LogP contribution in [0, 0.1) is 6.92 Å². The third kappa shape index (κ3) is 2.85. The quantitative estimate of drug-likeness (QED) is 0.800. The lowest BCUT2D eigenvalue weighted by molar-refractivity contribution is -0.141. The fourth-order valence-corrected chi connectivity index (χ4v) is 2.82. The highest BCUT2D eigenvalue weighted by Crippen LogP contribution is 2.30. The Labute approximate surface area is 124 Å². The lowest BCUT2D eigenvalue weighted by Gasteiger charge is -2.13. The maximum absolute atomic E-state index is 11.2. The highest BCUT2D eigenvalue weighted by Gasteiger charge is 2.21. The van der Waals surface area contributed by atoms with Crippen molar-refractivity contribution in [1.82, 2.24) is 10.3 Å². The first-order valence-electron chi connectivity index (χ1n) is 6.15. The van der Waals surface area contributed by atoms with Crippen molar-refractivity contribution in [2.24, 2.45) is 0 Å². The lowest BCUT2D eigenvalue weighted by Crippen LogP contribution is -2.41. The molecule has 2 rings (SSSR count). The number of carbonyl (C=O) groups is 2. The van der Waals surface area contributed by atoms with E-state index in [2.05, 4.69) is 26.2 Å². The number of nitrogens with one attached hydrogen (secondary N) is 2. The molecule has 0 aliphatic rings. The van der Waals surface area contributed by atoms with Gasteiger partial charge in [-0.05, 0) is 24.1 Å². The molecule has 1 heterocycles. The molecule has 1 aromatic carbocycles. The number of aryl methyl sites for hydroxylation is 1. The van der Waals surface area contributed by atoms with Crippen LogP contribution in [0.25, 0.3) is 10.9 Å². The SMILES string of the molecule is CC(=O)NC(Cc1c[nH]c2c(C)ccc(Br)c12)C(=O)O. The average molecular weight is 339 g/mol. The minimum Gasteiger partial charge on any atom is -0.480 e. The number of rotatable bonds is 4. The van der Waals surface area contributed by atoms with Gasteiger partial charge in [0.1, 0.15) is 6.04 Å². The van der Waals surface area contributed by atoms with Crippen LogP contribution in [0.2, 0.25) is 0 Å². The summed E-state index contributed by atoms with van der Waals surface area (Å²) in [6.45, 7) is 3.29. The van der Waals surface area contributed by atoms with Gasteiger partial charge in [0.2, 0.25) is 5.91 Å². The number of aromatic amines is 1. The molecule has 0 aliphatic heterocycles. The summed E-state index contributed by atoms with van der Waals surface area (Å²) in [5.41, 5.74) is 2.92. The van der Waals surface area contributed by atoms with Crippen LogP contribution in [-0.2, 0) is 16.0 Å². The fraction of sp³-hybridized carbons (Fsp3) is 0.286. The second kappa shape index (κ2) is 5.66. The average Bonchev–Trinajstić information content (AvgIpc) is 2.77. The first kappa shape index (κ1) is 14.6. The van der Waals surface area contributed by atoms with Gasteiger partial charge in [0.15, 0.2) is 0 Å². The van der Waals surface area contributed by atoms with Crippen molar-refractivity contribution in [3.8, 4) is 0 Å². The number of benzene rings is 1. The maximum Gasteiger partial charge on any atom is 0.326 e. The Balaban J connectivity index is 2.40. The number of aromatic nitrogens is 1. The Morgan fingerprint density at radius 3 is 2.75 bits per heavy atom. The van der Waals surface area contributed by atoms with Gasteiger partial charge in [-0.15, -0.1) is 0 Å². The molecular formula is C14H15BrN2O3. The van der Waals surface area contributed by atoms with Gasteiger partial charge >= 0.3 is 5.97 Å². The molecule has 0 radical (unpaired) electrons. The van der Waals surface area contributed by atoms with Gasteiger partial charge in [0, 0.05) is 34.9 Å². The highest BCUT2D eigenvalue weighted by atomic mass is 79.9.